The topological polar surface area (TPSA) is 88.9 Å². The molecule has 8 nitrogen and oxygen atoms in total. The van der Waals surface area contributed by atoms with Crippen LogP contribution in [0.15, 0.2) is 60.6 Å². The van der Waals surface area contributed by atoms with Crippen LogP contribution in [-0.4, -0.2) is 35.5 Å². The lowest BCUT2D eigenvalue weighted by Gasteiger charge is -2.27. The van der Waals surface area contributed by atoms with Gasteiger partial charge in [0.15, 0.2) is 5.76 Å². The molecule has 2 aliphatic rings. The second kappa shape index (κ2) is 8.27. The summed E-state index contributed by atoms with van der Waals surface area (Å²) in [4.78, 5) is 30.1. The number of hydrogen-bond acceptors (Lipinski definition) is 7. The number of carbonyl (C=O) groups excluding carboxylic acids is 2. The normalized spacial score (nSPS) is 16.7. The Labute approximate surface area is 206 Å². The number of carbonyl (C=O) groups is 2. The average Bonchev–Trinajstić information content (AvgIpc) is 3.38. The molecule has 180 valence electrons. The number of esters is 1. The number of aryl methyl sites for hydroxylation is 1. The Morgan fingerprint density at radius 1 is 1.17 bits per heavy atom. The van der Waals surface area contributed by atoms with Crippen molar-refractivity contribution in [3.05, 3.63) is 82.9 Å². The molecular formula is C28H22N2O6. The standard InChI is InChI=1S/C28H22N2O6/c1-30-14-15(19-12-16(33-2)6-8-21(19)30)11-23-26(32)18-7-9-22-25(27(18)35-23)20(13-24(31)34-3)17-5-4-10-29-28(17)36-22/h4-12,14,20H,13H2,1-3H3. The third-order valence-corrected chi connectivity index (χ3v) is 6.68. The number of rotatable bonds is 4. The van der Waals surface area contributed by atoms with Gasteiger partial charge in [0.1, 0.15) is 17.2 Å². The molecule has 0 spiro atoms. The molecule has 4 aromatic rings. The van der Waals surface area contributed by atoms with E-state index in [1.54, 1.807) is 37.6 Å². The van der Waals surface area contributed by atoms with Gasteiger partial charge in [-0.2, -0.15) is 0 Å². The van der Waals surface area contributed by atoms with Crippen molar-refractivity contribution in [1.29, 1.82) is 0 Å². The van der Waals surface area contributed by atoms with E-state index in [0.717, 1.165) is 27.8 Å². The molecule has 0 fully saturated rings. The zero-order valence-electron chi connectivity index (χ0n) is 19.9. The van der Waals surface area contributed by atoms with Gasteiger partial charge < -0.3 is 23.5 Å². The van der Waals surface area contributed by atoms with E-state index < -0.39 is 5.92 Å². The minimum absolute atomic E-state index is 0.0573. The number of nitrogens with zero attached hydrogens (tertiary/aromatic N) is 2. The molecule has 0 N–H and O–H groups in total. The van der Waals surface area contributed by atoms with Crippen LogP contribution in [0.2, 0.25) is 0 Å². The predicted molar refractivity (Wildman–Crippen MR) is 132 cm³/mol. The fourth-order valence-corrected chi connectivity index (χ4v) is 4.93. The lowest BCUT2D eigenvalue weighted by Crippen LogP contribution is -2.16. The van der Waals surface area contributed by atoms with Crippen LogP contribution in [0.4, 0.5) is 0 Å². The molecule has 2 aliphatic heterocycles. The van der Waals surface area contributed by atoms with Gasteiger partial charge in [0.2, 0.25) is 11.7 Å². The smallest absolute Gasteiger partial charge is 0.306 e. The van der Waals surface area contributed by atoms with E-state index in [0.29, 0.717) is 28.5 Å². The first-order valence-electron chi connectivity index (χ1n) is 11.4. The van der Waals surface area contributed by atoms with Crippen LogP contribution in [0.25, 0.3) is 17.0 Å². The van der Waals surface area contributed by atoms with Crippen molar-refractivity contribution in [1.82, 2.24) is 9.55 Å². The number of aromatic nitrogens is 2. The van der Waals surface area contributed by atoms with Gasteiger partial charge in [-0.1, -0.05) is 6.07 Å². The largest absolute Gasteiger partial charge is 0.497 e. The second-order valence-electron chi connectivity index (χ2n) is 8.70. The SMILES string of the molecule is COC(=O)CC1c2cccnc2Oc2ccc3c(c21)OC(=Cc1cn(C)c2ccc(OC)cc12)C3=O. The zero-order valence-corrected chi connectivity index (χ0v) is 19.9. The van der Waals surface area contributed by atoms with Crippen LogP contribution in [0.5, 0.6) is 23.1 Å². The number of pyridine rings is 1. The van der Waals surface area contributed by atoms with Crippen LogP contribution in [0.1, 0.15) is 39.4 Å². The summed E-state index contributed by atoms with van der Waals surface area (Å²) in [5.74, 6) is 1.17. The van der Waals surface area contributed by atoms with Crippen LogP contribution < -0.4 is 14.2 Å². The van der Waals surface area contributed by atoms with Crippen LogP contribution in [0, 0.1) is 0 Å². The lowest BCUT2D eigenvalue weighted by atomic mass is 9.85. The highest BCUT2D eigenvalue weighted by Gasteiger charge is 2.39. The monoisotopic (exact) mass is 482 g/mol. The number of ether oxygens (including phenoxy) is 4. The van der Waals surface area contributed by atoms with E-state index in [4.69, 9.17) is 18.9 Å². The summed E-state index contributed by atoms with van der Waals surface area (Å²) in [6.45, 7) is 0. The molecule has 0 radical (unpaired) electrons. The van der Waals surface area contributed by atoms with Gasteiger partial charge in [-0.3, -0.25) is 9.59 Å². The van der Waals surface area contributed by atoms with Crippen molar-refractivity contribution in [2.24, 2.45) is 7.05 Å². The Kier molecular flexibility index (Phi) is 5.03. The van der Waals surface area contributed by atoms with Gasteiger partial charge in [-0.15, -0.1) is 0 Å². The summed E-state index contributed by atoms with van der Waals surface area (Å²) < 4.78 is 24.6. The van der Waals surface area contributed by atoms with E-state index in [1.165, 1.54) is 7.11 Å². The van der Waals surface area contributed by atoms with Crippen LogP contribution in [-0.2, 0) is 16.6 Å². The molecule has 2 aromatic carbocycles. The molecule has 1 unspecified atom stereocenters. The molecule has 6 rings (SSSR count). The Bertz CT molecular complexity index is 1600. The highest BCUT2D eigenvalue weighted by atomic mass is 16.5. The first kappa shape index (κ1) is 21.9. The van der Waals surface area contributed by atoms with Crippen LogP contribution >= 0.6 is 0 Å². The second-order valence-corrected chi connectivity index (χ2v) is 8.70. The maximum absolute atomic E-state index is 13.4. The van der Waals surface area contributed by atoms with Crippen molar-refractivity contribution >= 4 is 28.7 Å². The zero-order chi connectivity index (χ0) is 25.0. The third-order valence-electron chi connectivity index (χ3n) is 6.68. The van der Waals surface area contributed by atoms with Crippen LogP contribution in [0.3, 0.4) is 0 Å². The van der Waals surface area contributed by atoms with E-state index in [-0.39, 0.29) is 23.9 Å². The lowest BCUT2D eigenvalue weighted by molar-refractivity contribution is -0.140. The van der Waals surface area contributed by atoms with Gasteiger partial charge in [0.25, 0.3) is 0 Å². The van der Waals surface area contributed by atoms with Crippen molar-refractivity contribution in [3.8, 4) is 23.1 Å². The quantitative estimate of drug-likeness (QED) is 0.299. The maximum atomic E-state index is 13.4. The number of Topliss-reactive ketones (excluding diaryl/α,β-unsaturated/α-hetero) is 1. The van der Waals surface area contributed by atoms with Crippen molar-refractivity contribution < 1.29 is 28.5 Å². The average molecular weight is 482 g/mol. The molecule has 0 saturated heterocycles. The summed E-state index contributed by atoms with van der Waals surface area (Å²) in [5.41, 5.74) is 3.61. The van der Waals surface area contributed by atoms with Gasteiger partial charge in [-0.25, -0.2) is 4.98 Å². The molecule has 0 bridgehead atoms. The predicted octanol–water partition coefficient (Wildman–Crippen LogP) is 5.00. The minimum atomic E-state index is -0.436. The van der Waals surface area contributed by atoms with E-state index in [9.17, 15) is 9.59 Å². The maximum Gasteiger partial charge on any atom is 0.306 e. The van der Waals surface area contributed by atoms with Gasteiger partial charge in [0.05, 0.1) is 26.2 Å². The van der Waals surface area contributed by atoms with E-state index in [2.05, 4.69) is 4.98 Å². The number of methoxy groups -OCH3 is 2. The number of allylic oxidation sites excluding steroid dienone is 1. The molecule has 1 atom stereocenters. The highest BCUT2D eigenvalue weighted by Crippen LogP contribution is 2.52. The molecule has 0 amide bonds. The fraction of sp³-hybridized carbons (Fsp3) is 0.179. The Morgan fingerprint density at radius 3 is 2.83 bits per heavy atom. The number of benzene rings is 2. The van der Waals surface area contributed by atoms with Crippen molar-refractivity contribution in [3.63, 3.8) is 0 Å². The van der Waals surface area contributed by atoms with E-state index in [1.807, 2.05) is 42.1 Å². The molecule has 0 aliphatic carbocycles. The summed E-state index contributed by atoms with van der Waals surface area (Å²) in [5, 5.41) is 0.936. The molecule has 2 aromatic heterocycles. The van der Waals surface area contributed by atoms with Gasteiger partial charge in [0, 0.05) is 53.0 Å². The number of ketones is 1. The third kappa shape index (κ3) is 3.33. The van der Waals surface area contributed by atoms with Crippen molar-refractivity contribution in [2.75, 3.05) is 14.2 Å². The van der Waals surface area contributed by atoms with E-state index >= 15 is 0 Å². The van der Waals surface area contributed by atoms with Gasteiger partial charge in [-0.05, 0) is 42.5 Å². The summed E-state index contributed by atoms with van der Waals surface area (Å²) >= 11 is 0. The first-order chi connectivity index (χ1) is 17.5. The summed E-state index contributed by atoms with van der Waals surface area (Å²) in [6.07, 6.45) is 5.37. The molecular weight excluding hydrogens is 460 g/mol. The number of hydrogen-bond donors (Lipinski definition) is 0. The number of fused-ring (bicyclic) bond motifs is 5. The molecule has 4 heterocycles. The van der Waals surface area contributed by atoms with Crippen molar-refractivity contribution in [2.45, 2.75) is 12.3 Å². The Morgan fingerprint density at radius 2 is 2.03 bits per heavy atom. The van der Waals surface area contributed by atoms with Gasteiger partial charge >= 0.3 is 5.97 Å². The first-order valence-corrected chi connectivity index (χ1v) is 11.4. The Balaban J connectivity index is 1.46. The summed E-state index contributed by atoms with van der Waals surface area (Å²) in [7, 11) is 4.91. The highest BCUT2D eigenvalue weighted by molar-refractivity contribution is 6.15. The molecule has 36 heavy (non-hydrogen) atoms. The molecule has 0 saturated carbocycles. The Hall–Kier alpha value is -4.59. The fourth-order valence-electron chi connectivity index (χ4n) is 4.93. The minimum Gasteiger partial charge on any atom is -0.497 e. The summed E-state index contributed by atoms with van der Waals surface area (Å²) in [6, 6.07) is 12.9. The molecule has 8 heteroatoms.